The molecule has 2 fully saturated rings. The van der Waals surface area contributed by atoms with E-state index < -0.39 is 0 Å². The summed E-state index contributed by atoms with van der Waals surface area (Å²) in [7, 11) is 0. The molecule has 1 heterocycles. The summed E-state index contributed by atoms with van der Waals surface area (Å²) in [5.41, 5.74) is 6.13. The molecule has 0 radical (unpaired) electrons. The summed E-state index contributed by atoms with van der Waals surface area (Å²) in [6.07, 6.45) is 10.2. The van der Waals surface area contributed by atoms with E-state index in [1.54, 1.807) is 0 Å². The Labute approximate surface area is 106 Å². The molecule has 1 spiro atoms. The van der Waals surface area contributed by atoms with Crippen molar-refractivity contribution >= 4 is 0 Å². The molecule has 0 amide bonds. The van der Waals surface area contributed by atoms with Crippen LogP contribution < -0.4 is 5.73 Å². The van der Waals surface area contributed by atoms with E-state index in [2.05, 4.69) is 4.90 Å². The van der Waals surface area contributed by atoms with Gasteiger partial charge in [0.15, 0.2) is 0 Å². The Morgan fingerprint density at radius 2 is 1.65 bits per heavy atom. The second-order valence-corrected chi connectivity index (χ2v) is 5.80. The molecule has 0 aromatic carbocycles. The first-order valence-corrected chi connectivity index (χ1v) is 7.35. The zero-order chi connectivity index (χ0) is 12.0. The van der Waals surface area contributed by atoms with Gasteiger partial charge in [-0.2, -0.15) is 0 Å². The summed E-state index contributed by atoms with van der Waals surface area (Å²) < 4.78 is 5.46. The Hall–Kier alpha value is -0.120. The van der Waals surface area contributed by atoms with Gasteiger partial charge in [-0.3, -0.25) is 0 Å². The number of ether oxygens (including phenoxy) is 1. The van der Waals surface area contributed by atoms with Gasteiger partial charge in [-0.1, -0.05) is 19.3 Å². The van der Waals surface area contributed by atoms with Crippen molar-refractivity contribution in [1.82, 2.24) is 4.90 Å². The first kappa shape index (κ1) is 13.3. The molecule has 0 bridgehead atoms. The van der Waals surface area contributed by atoms with Crippen molar-refractivity contribution in [3.63, 3.8) is 0 Å². The summed E-state index contributed by atoms with van der Waals surface area (Å²) in [4.78, 5) is 2.57. The Kier molecular flexibility index (Phi) is 5.26. The van der Waals surface area contributed by atoms with Crippen LogP contribution in [0.4, 0.5) is 0 Å². The molecule has 2 aliphatic rings. The zero-order valence-corrected chi connectivity index (χ0v) is 11.1. The van der Waals surface area contributed by atoms with Gasteiger partial charge < -0.3 is 15.4 Å². The quantitative estimate of drug-likeness (QED) is 0.747. The zero-order valence-electron chi connectivity index (χ0n) is 11.1. The van der Waals surface area contributed by atoms with Crippen molar-refractivity contribution in [3.8, 4) is 0 Å². The van der Waals surface area contributed by atoms with Gasteiger partial charge in [0.05, 0.1) is 13.2 Å². The maximum absolute atomic E-state index is 5.46. The third kappa shape index (κ3) is 3.94. The van der Waals surface area contributed by atoms with Crippen molar-refractivity contribution < 1.29 is 4.74 Å². The molecule has 3 heteroatoms. The molecule has 3 nitrogen and oxygen atoms in total. The van der Waals surface area contributed by atoms with Crippen LogP contribution in [0, 0.1) is 5.41 Å². The average Bonchev–Trinajstić information content (AvgIpc) is 2.38. The predicted octanol–water partition coefficient (Wildman–Crippen LogP) is 2.01. The molecule has 17 heavy (non-hydrogen) atoms. The smallest absolute Gasteiger partial charge is 0.0594 e. The Bertz CT molecular complexity index is 204. The SMILES string of the molecule is NCCOCCN1CCC2(CCCCC2)CC1. The lowest BCUT2D eigenvalue weighted by molar-refractivity contribution is 0.0452. The van der Waals surface area contributed by atoms with Crippen LogP contribution in [0.2, 0.25) is 0 Å². The fourth-order valence-electron chi connectivity index (χ4n) is 3.43. The molecule has 0 unspecified atom stereocenters. The maximum Gasteiger partial charge on any atom is 0.0594 e. The molecule has 0 atom stereocenters. The van der Waals surface area contributed by atoms with E-state index in [0.717, 1.165) is 18.6 Å². The van der Waals surface area contributed by atoms with Crippen molar-refractivity contribution in [2.45, 2.75) is 44.9 Å². The van der Waals surface area contributed by atoms with Crippen molar-refractivity contribution in [2.75, 3.05) is 39.4 Å². The monoisotopic (exact) mass is 240 g/mol. The first-order chi connectivity index (χ1) is 8.35. The molecular formula is C14H28N2O. The van der Waals surface area contributed by atoms with E-state index in [4.69, 9.17) is 10.5 Å². The lowest BCUT2D eigenvalue weighted by Crippen LogP contribution is -2.42. The Morgan fingerprint density at radius 3 is 2.29 bits per heavy atom. The normalized spacial score (nSPS) is 25.2. The van der Waals surface area contributed by atoms with E-state index in [1.165, 1.54) is 58.0 Å². The number of nitrogens with two attached hydrogens (primary N) is 1. The highest BCUT2D eigenvalue weighted by molar-refractivity contribution is 4.88. The fourth-order valence-corrected chi connectivity index (χ4v) is 3.43. The summed E-state index contributed by atoms with van der Waals surface area (Å²) in [5, 5.41) is 0. The second kappa shape index (κ2) is 6.72. The molecule has 100 valence electrons. The molecule has 1 aliphatic heterocycles. The summed E-state index contributed by atoms with van der Waals surface area (Å²) >= 11 is 0. The predicted molar refractivity (Wildman–Crippen MR) is 71.1 cm³/mol. The molecule has 1 saturated carbocycles. The average molecular weight is 240 g/mol. The topological polar surface area (TPSA) is 38.5 Å². The molecular weight excluding hydrogens is 212 g/mol. The lowest BCUT2D eigenvalue weighted by atomic mass is 9.68. The Balaban J connectivity index is 1.63. The van der Waals surface area contributed by atoms with Gasteiger partial charge in [0, 0.05) is 13.1 Å². The summed E-state index contributed by atoms with van der Waals surface area (Å²) in [6.45, 7) is 5.86. The van der Waals surface area contributed by atoms with Crippen LogP contribution >= 0.6 is 0 Å². The van der Waals surface area contributed by atoms with Crippen LogP contribution in [0.3, 0.4) is 0 Å². The van der Waals surface area contributed by atoms with Gasteiger partial charge in [0.25, 0.3) is 0 Å². The minimum absolute atomic E-state index is 0.642. The van der Waals surface area contributed by atoms with Crippen molar-refractivity contribution in [2.24, 2.45) is 11.1 Å². The van der Waals surface area contributed by atoms with E-state index in [1.807, 2.05) is 0 Å². The van der Waals surface area contributed by atoms with Gasteiger partial charge in [-0.15, -0.1) is 0 Å². The maximum atomic E-state index is 5.46. The third-order valence-corrected chi connectivity index (χ3v) is 4.64. The van der Waals surface area contributed by atoms with Gasteiger partial charge in [0.1, 0.15) is 0 Å². The summed E-state index contributed by atoms with van der Waals surface area (Å²) in [5.74, 6) is 0. The molecule has 0 aromatic heterocycles. The van der Waals surface area contributed by atoms with Crippen LogP contribution in [0.25, 0.3) is 0 Å². The third-order valence-electron chi connectivity index (χ3n) is 4.64. The largest absolute Gasteiger partial charge is 0.379 e. The van der Waals surface area contributed by atoms with E-state index in [9.17, 15) is 0 Å². The van der Waals surface area contributed by atoms with Crippen LogP contribution in [-0.2, 0) is 4.74 Å². The van der Waals surface area contributed by atoms with Gasteiger partial charge in [-0.25, -0.2) is 0 Å². The number of piperidine rings is 1. The Morgan fingerprint density at radius 1 is 0.941 bits per heavy atom. The minimum atomic E-state index is 0.642. The molecule has 0 aromatic rings. The lowest BCUT2D eigenvalue weighted by Gasteiger charge is -2.44. The van der Waals surface area contributed by atoms with Gasteiger partial charge in [0.2, 0.25) is 0 Å². The molecule has 1 saturated heterocycles. The van der Waals surface area contributed by atoms with Crippen LogP contribution in [0.15, 0.2) is 0 Å². The van der Waals surface area contributed by atoms with E-state index >= 15 is 0 Å². The van der Waals surface area contributed by atoms with Crippen LogP contribution in [0.1, 0.15) is 44.9 Å². The standard InChI is InChI=1S/C14H28N2O/c15-8-12-17-13-11-16-9-6-14(7-10-16)4-2-1-3-5-14/h1-13,15H2. The number of hydrogen-bond acceptors (Lipinski definition) is 3. The molecule has 2 rings (SSSR count). The van der Waals surface area contributed by atoms with Crippen LogP contribution in [-0.4, -0.2) is 44.3 Å². The molecule has 2 N–H and O–H groups in total. The van der Waals surface area contributed by atoms with Crippen molar-refractivity contribution in [3.05, 3.63) is 0 Å². The van der Waals surface area contributed by atoms with Crippen LogP contribution in [0.5, 0.6) is 0 Å². The van der Waals surface area contributed by atoms with Gasteiger partial charge in [-0.05, 0) is 44.2 Å². The number of hydrogen-bond donors (Lipinski definition) is 1. The van der Waals surface area contributed by atoms with Gasteiger partial charge >= 0.3 is 0 Å². The highest BCUT2D eigenvalue weighted by Gasteiger charge is 2.35. The highest BCUT2D eigenvalue weighted by Crippen LogP contribution is 2.44. The number of likely N-dealkylation sites (tertiary alicyclic amines) is 1. The highest BCUT2D eigenvalue weighted by atomic mass is 16.5. The minimum Gasteiger partial charge on any atom is -0.379 e. The van der Waals surface area contributed by atoms with E-state index in [0.29, 0.717) is 13.2 Å². The second-order valence-electron chi connectivity index (χ2n) is 5.80. The van der Waals surface area contributed by atoms with E-state index in [-0.39, 0.29) is 0 Å². The summed E-state index contributed by atoms with van der Waals surface area (Å²) in [6, 6.07) is 0. The first-order valence-electron chi connectivity index (χ1n) is 7.35. The molecule has 1 aliphatic carbocycles. The fraction of sp³-hybridized carbons (Fsp3) is 1.00. The number of nitrogens with zero attached hydrogens (tertiary/aromatic N) is 1. The van der Waals surface area contributed by atoms with Crippen molar-refractivity contribution in [1.29, 1.82) is 0 Å². The number of rotatable bonds is 5.